The van der Waals surface area contributed by atoms with E-state index in [1.165, 1.54) is 22.8 Å². The molecule has 0 saturated carbocycles. The van der Waals surface area contributed by atoms with E-state index in [0.29, 0.717) is 6.42 Å². The minimum absolute atomic E-state index is 0.0889. The van der Waals surface area contributed by atoms with Crippen molar-refractivity contribution in [2.45, 2.75) is 39.7 Å². The first kappa shape index (κ1) is 15.7. The maximum absolute atomic E-state index is 13.4. The normalized spacial score (nSPS) is 12.4. The summed E-state index contributed by atoms with van der Waals surface area (Å²) in [6.45, 7) is 6.20. The van der Waals surface area contributed by atoms with Crippen LogP contribution in [0.1, 0.15) is 27.8 Å². The van der Waals surface area contributed by atoms with Crippen LogP contribution < -0.4 is 11.3 Å². The molecular formula is C18H23FN2. The van der Waals surface area contributed by atoms with Gasteiger partial charge in [0.05, 0.1) is 0 Å². The molecular weight excluding hydrogens is 263 g/mol. The first-order valence-electron chi connectivity index (χ1n) is 7.27. The molecule has 2 nitrogen and oxygen atoms in total. The van der Waals surface area contributed by atoms with Gasteiger partial charge in [-0.25, -0.2) is 4.39 Å². The maximum atomic E-state index is 13.4. The Labute approximate surface area is 126 Å². The second kappa shape index (κ2) is 6.83. The minimum Gasteiger partial charge on any atom is -0.271 e. The first-order chi connectivity index (χ1) is 9.99. The summed E-state index contributed by atoms with van der Waals surface area (Å²) < 4.78 is 13.4. The van der Waals surface area contributed by atoms with E-state index in [-0.39, 0.29) is 11.9 Å². The van der Waals surface area contributed by atoms with E-state index >= 15 is 0 Å². The van der Waals surface area contributed by atoms with Crippen LogP contribution in [0.4, 0.5) is 4.39 Å². The third-order valence-corrected chi connectivity index (χ3v) is 3.98. The number of benzene rings is 2. The fraction of sp³-hybridized carbons (Fsp3) is 0.333. The Bertz CT molecular complexity index is 569. The lowest BCUT2D eigenvalue weighted by molar-refractivity contribution is 0.518. The number of hydrogen-bond acceptors (Lipinski definition) is 2. The van der Waals surface area contributed by atoms with Crippen molar-refractivity contribution in [3.05, 3.63) is 70.0 Å². The number of hydrogen-bond donors (Lipinski definition) is 2. The topological polar surface area (TPSA) is 38.0 Å². The molecule has 0 amide bonds. The monoisotopic (exact) mass is 286 g/mol. The predicted octanol–water partition coefficient (Wildman–Crippen LogP) is 3.37. The Morgan fingerprint density at radius 2 is 1.52 bits per heavy atom. The summed E-state index contributed by atoms with van der Waals surface area (Å²) in [4.78, 5) is 0. The van der Waals surface area contributed by atoms with Crippen LogP contribution in [0.5, 0.6) is 0 Å². The summed E-state index contributed by atoms with van der Waals surface area (Å²) >= 11 is 0. The molecule has 1 unspecified atom stereocenters. The van der Waals surface area contributed by atoms with Gasteiger partial charge < -0.3 is 0 Å². The summed E-state index contributed by atoms with van der Waals surface area (Å²) in [6, 6.07) is 11.4. The highest BCUT2D eigenvalue weighted by Crippen LogP contribution is 2.17. The van der Waals surface area contributed by atoms with E-state index in [1.807, 2.05) is 13.0 Å². The summed E-state index contributed by atoms with van der Waals surface area (Å²) in [7, 11) is 0. The van der Waals surface area contributed by atoms with Crippen LogP contribution in [0.3, 0.4) is 0 Å². The summed E-state index contributed by atoms with van der Waals surface area (Å²) in [5, 5.41) is 0. The maximum Gasteiger partial charge on any atom is 0.123 e. The Balaban J connectivity index is 2.16. The summed E-state index contributed by atoms with van der Waals surface area (Å²) in [6.07, 6.45) is 1.55. The molecule has 0 saturated heterocycles. The molecule has 3 heteroatoms. The zero-order valence-corrected chi connectivity index (χ0v) is 12.9. The lowest BCUT2D eigenvalue weighted by Gasteiger charge is -2.19. The summed E-state index contributed by atoms with van der Waals surface area (Å²) in [5.74, 6) is 5.50. The van der Waals surface area contributed by atoms with Crippen LogP contribution in [-0.2, 0) is 12.8 Å². The molecule has 2 rings (SSSR count). The molecule has 1 atom stereocenters. The molecule has 0 aromatic heterocycles. The summed E-state index contributed by atoms with van der Waals surface area (Å²) in [5.41, 5.74) is 8.76. The van der Waals surface area contributed by atoms with Crippen LogP contribution >= 0.6 is 0 Å². The number of hydrazine groups is 1. The molecule has 21 heavy (non-hydrogen) atoms. The molecule has 112 valence electrons. The van der Waals surface area contributed by atoms with Crippen molar-refractivity contribution in [1.82, 2.24) is 5.43 Å². The molecule has 3 N–H and O–H groups in total. The number of rotatable bonds is 5. The molecule has 0 aliphatic rings. The Morgan fingerprint density at radius 3 is 2.14 bits per heavy atom. The van der Waals surface area contributed by atoms with Crippen LogP contribution in [0, 0.1) is 26.6 Å². The highest BCUT2D eigenvalue weighted by Gasteiger charge is 2.12. The van der Waals surface area contributed by atoms with E-state index < -0.39 is 0 Å². The molecule has 2 aromatic carbocycles. The number of nitrogens with two attached hydrogens (primary N) is 1. The van der Waals surface area contributed by atoms with Crippen molar-refractivity contribution in [2.24, 2.45) is 5.84 Å². The van der Waals surface area contributed by atoms with Gasteiger partial charge in [-0.1, -0.05) is 29.8 Å². The minimum atomic E-state index is -0.196. The van der Waals surface area contributed by atoms with Gasteiger partial charge in [0.1, 0.15) is 5.82 Å². The van der Waals surface area contributed by atoms with E-state index in [2.05, 4.69) is 37.5 Å². The SMILES string of the molecule is Cc1ccc(C)c(CC(Cc2cc(F)ccc2C)NN)c1. The van der Waals surface area contributed by atoms with Crippen molar-refractivity contribution >= 4 is 0 Å². The van der Waals surface area contributed by atoms with Crippen molar-refractivity contribution in [3.8, 4) is 0 Å². The lowest BCUT2D eigenvalue weighted by atomic mass is 9.94. The van der Waals surface area contributed by atoms with Crippen molar-refractivity contribution in [1.29, 1.82) is 0 Å². The van der Waals surface area contributed by atoms with E-state index in [0.717, 1.165) is 17.5 Å². The standard InChI is InChI=1S/C18H23FN2/c1-12-4-5-13(2)15(8-12)10-18(21-20)11-16-9-17(19)7-6-14(16)3/h4-9,18,21H,10-11,20H2,1-3H3. The van der Waals surface area contributed by atoms with Crippen molar-refractivity contribution in [3.63, 3.8) is 0 Å². The molecule has 0 bridgehead atoms. The van der Waals surface area contributed by atoms with Gasteiger partial charge in [-0.2, -0.15) is 0 Å². The third kappa shape index (κ3) is 4.13. The Kier molecular flexibility index (Phi) is 5.10. The van der Waals surface area contributed by atoms with Gasteiger partial charge in [-0.15, -0.1) is 0 Å². The molecule has 0 fully saturated rings. The van der Waals surface area contributed by atoms with Gasteiger partial charge in [0.25, 0.3) is 0 Å². The molecule has 0 radical (unpaired) electrons. The number of halogens is 1. The highest BCUT2D eigenvalue weighted by molar-refractivity contribution is 5.32. The highest BCUT2D eigenvalue weighted by atomic mass is 19.1. The van der Waals surface area contributed by atoms with Gasteiger partial charge in [-0.05, 0) is 68.0 Å². The Hall–Kier alpha value is -1.71. The van der Waals surface area contributed by atoms with Crippen molar-refractivity contribution < 1.29 is 4.39 Å². The van der Waals surface area contributed by atoms with E-state index in [9.17, 15) is 4.39 Å². The van der Waals surface area contributed by atoms with E-state index in [1.54, 1.807) is 6.07 Å². The van der Waals surface area contributed by atoms with Gasteiger partial charge in [0.2, 0.25) is 0 Å². The largest absolute Gasteiger partial charge is 0.271 e. The zero-order chi connectivity index (χ0) is 15.4. The Morgan fingerprint density at radius 1 is 0.952 bits per heavy atom. The van der Waals surface area contributed by atoms with Gasteiger partial charge in [0.15, 0.2) is 0 Å². The predicted molar refractivity (Wildman–Crippen MR) is 85.6 cm³/mol. The molecule has 0 spiro atoms. The second-order valence-corrected chi connectivity index (χ2v) is 5.77. The lowest BCUT2D eigenvalue weighted by Crippen LogP contribution is -2.38. The van der Waals surface area contributed by atoms with Gasteiger partial charge in [0, 0.05) is 6.04 Å². The second-order valence-electron chi connectivity index (χ2n) is 5.77. The van der Waals surface area contributed by atoms with Crippen LogP contribution in [0.15, 0.2) is 36.4 Å². The van der Waals surface area contributed by atoms with Crippen molar-refractivity contribution in [2.75, 3.05) is 0 Å². The quantitative estimate of drug-likeness (QED) is 0.653. The number of nitrogens with one attached hydrogen (secondary N) is 1. The first-order valence-corrected chi connectivity index (χ1v) is 7.27. The van der Waals surface area contributed by atoms with Crippen LogP contribution in [-0.4, -0.2) is 6.04 Å². The molecule has 0 aliphatic carbocycles. The fourth-order valence-electron chi connectivity index (χ4n) is 2.60. The average molecular weight is 286 g/mol. The van der Waals surface area contributed by atoms with Gasteiger partial charge >= 0.3 is 0 Å². The van der Waals surface area contributed by atoms with Crippen LogP contribution in [0.25, 0.3) is 0 Å². The number of aryl methyl sites for hydroxylation is 3. The molecule has 0 aliphatic heterocycles. The third-order valence-electron chi connectivity index (χ3n) is 3.98. The smallest absolute Gasteiger partial charge is 0.123 e. The van der Waals surface area contributed by atoms with E-state index in [4.69, 9.17) is 5.84 Å². The fourth-order valence-corrected chi connectivity index (χ4v) is 2.60. The van der Waals surface area contributed by atoms with Crippen LogP contribution in [0.2, 0.25) is 0 Å². The molecule has 2 aromatic rings. The van der Waals surface area contributed by atoms with Gasteiger partial charge in [-0.3, -0.25) is 11.3 Å². The zero-order valence-electron chi connectivity index (χ0n) is 12.9. The average Bonchev–Trinajstić information content (AvgIpc) is 2.45. The molecule has 0 heterocycles.